The van der Waals surface area contributed by atoms with Crippen LogP contribution in [0.3, 0.4) is 0 Å². The summed E-state index contributed by atoms with van der Waals surface area (Å²) in [6.07, 6.45) is 3.71. The molecule has 88 valence electrons. The van der Waals surface area contributed by atoms with E-state index in [1.165, 1.54) is 24.8 Å². The van der Waals surface area contributed by atoms with E-state index < -0.39 is 0 Å². The van der Waals surface area contributed by atoms with Crippen LogP contribution in [0.4, 0.5) is 0 Å². The van der Waals surface area contributed by atoms with E-state index in [0.29, 0.717) is 6.04 Å². The Kier molecular flexibility index (Phi) is 3.67. The van der Waals surface area contributed by atoms with Crippen molar-refractivity contribution in [1.82, 2.24) is 5.32 Å². The average Bonchev–Trinajstić information content (AvgIpc) is 2.39. The molecule has 1 saturated heterocycles. The molecule has 3 nitrogen and oxygen atoms in total. The fraction of sp³-hybridized carbons (Fsp3) is 0.538. The normalized spacial score (nSPS) is 20.5. The number of hydrogen-bond donors (Lipinski definition) is 1. The first kappa shape index (κ1) is 11.3. The summed E-state index contributed by atoms with van der Waals surface area (Å²) in [5.74, 6) is 1.84. The van der Waals surface area contributed by atoms with Crippen LogP contribution in [0.25, 0.3) is 0 Å². The lowest BCUT2D eigenvalue weighted by molar-refractivity contribution is 0.368. The van der Waals surface area contributed by atoms with Gasteiger partial charge in [-0.1, -0.05) is 6.42 Å². The summed E-state index contributed by atoms with van der Waals surface area (Å²) in [6, 6.07) is 6.39. The molecule has 0 aliphatic carbocycles. The van der Waals surface area contributed by atoms with Gasteiger partial charge in [-0.05, 0) is 37.6 Å². The van der Waals surface area contributed by atoms with Gasteiger partial charge >= 0.3 is 0 Å². The molecule has 0 amide bonds. The van der Waals surface area contributed by atoms with Gasteiger partial charge < -0.3 is 14.8 Å². The quantitative estimate of drug-likeness (QED) is 0.850. The zero-order valence-corrected chi connectivity index (χ0v) is 9.95. The molecule has 1 aromatic carbocycles. The Morgan fingerprint density at radius 1 is 1.19 bits per heavy atom. The molecule has 16 heavy (non-hydrogen) atoms. The molecule has 0 spiro atoms. The first-order valence-corrected chi connectivity index (χ1v) is 5.80. The number of nitrogens with one attached hydrogen (secondary N) is 1. The molecule has 1 N–H and O–H groups in total. The fourth-order valence-corrected chi connectivity index (χ4v) is 2.23. The highest BCUT2D eigenvalue weighted by Crippen LogP contribution is 2.33. The predicted molar refractivity (Wildman–Crippen MR) is 64.1 cm³/mol. The van der Waals surface area contributed by atoms with Crippen molar-refractivity contribution in [3.05, 3.63) is 23.8 Å². The Morgan fingerprint density at radius 2 is 2.06 bits per heavy atom. The van der Waals surface area contributed by atoms with E-state index >= 15 is 0 Å². The summed E-state index contributed by atoms with van der Waals surface area (Å²) in [6.45, 7) is 1.09. The molecule has 1 heterocycles. The Balaban J connectivity index is 2.27. The molecule has 1 atom stereocenters. The molecule has 1 aliphatic rings. The van der Waals surface area contributed by atoms with Gasteiger partial charge in [-0.25, -0.2) is 0 Å². The van der Waals surface area contributed by atoms with Crippen molar-refractivity contribution >= 4 is 0 Å². The number of piperidine rings is 1. The molecule has 0 aromatic heterocycles. The minimum atomic E-state index is 0.402. The van der Waals surface area contributed by atoms with Crippen LogP contribution in [0.2, 0.25) is 0 Å². The van der Waals surface area contributed by atoms with Crippen molar-refractivity contribution in [3.8, 4) is 11.5 Å². The van der Waals surface area contributed by atoms with E-state index in [-0.39, 0.29) is 0 Å². The maximum atomic E-state index is 5.40. The lowest BCUT2D eigenvalue weighted by Crippen LogP contribution is -2.27. The summed E-state index contributed by atoms with van der Waals surface area (Å²) in [5, 5.41) is 3.53. The number of ether oxygens (including phenoxy) is 2. The maximum Gasteiger partial charge on any atom is 0.123 e. The van der Waals surface area contributed by atoms with Crippen LogP contribution in [-0.4, -0.2) is 20.8 Å². The predicted octanol–water partition coefficient (Wildman–Crippen LogP) is 2.52. The molecule has 1 fully saturated rings. The van der Waals surface area contributed by atoms with Crippen LogP contribution in [0, 0.1) is 0 Å². The van der Waals surface area contributed by atoms with Gasteiger partial charge in [0.25, 0.3) is 0 Å². The highest BCUT2D eigenvalue weighted by Gasteiger charge is 2.18. The second kappa shape index (κ2) is 5.21. The molecular weight excluding hydrogens is 202 g/mol. The standard InChI is InChI=1S/C13H19NO2/c1-15-10-6-7-13(16-2)11(9-10)12-5-3-4-8-14-12/h6-7,9,12,14H,3-5,8H2,1-2H3/t12-/m0/s1. The van der Waals surface area contributed by atoms with Crippen LogP contribution in [0.1, 0.15) is 30.9 Å². The van der Waals surface area contributed by atoms with E-state index in [9.17, 15) is 0 Å². The summed E-state index contributed by atoms with van der Waals surface area (Å²) < 4.78 is 10.7. The SMILES string of the molecule is COc1ccc(OC)c([C@@H]2CCCCN2)c1. The largest absolute Gasteiger partial charge is 0.497 e. The second-order valence-electron chi connectivity index (χ2n) is 4.11. The second-order valence-corrected chi connectivity index (χ2v) is 4.11. The van der Waals surface area contributed by atoms with Crippen LogP contribution < -0.4 is 14.8 Å². The van der Waals surface area contributed by atoms with Gasteiger partial charge in [0.05, 0.1) is 14.2 Å². The fourth-order valence-electron chi connectivity index (χ4n) is 2.23. The molecule has 0 unspecified atom stereocenters. The zero-order chi connectivity index (χ0) is 11.4. The van der Waals surface area contributed by atoms with Gasteiger partial charge in [0.15, 0.2) is 0 Å². The maximum absolute atomic E-state index is 5.40. The van der Waals surface area contributed by atoms with Crippen molar-refractivity contribution in [2.45, 2.75) is 25.3 Å². The van der Waals surface area contributed by atoms with Crippen molar-refractivity contribution in [2.24, 2.45) is 0 Å². The number of methoxy groups -OCH3 is 2. The van der Waals surface area contributed by atoms with Gasteiger partial charge in [0, 0.05) is 11.6 Å². The summed E-state index contributed by atoms with van der Waals surface area (Å²) in [4.78, 5) is 0. The molecule has 3 heteroatoms. The Labute approximate surface area is 96.8 Å². The van der Waals surface area contributed by atoms with E-state index in [1.807, 2.05) is 12.1 Å². The van der Waals surface area contributed by atoms with E-state index in [0.717, 1.165) is 18.0 Å². The number of benzene rings is 1. The Bertz CT molecular complexity index is 346. The van der Waals surface area contributed by atoms with Gasteiger partial charge in [-0.15, -0.1) is 0 Å². The van der Waals surface area contributed by atoms with Gasteiger partial charge in [-0.3, -0.25) is 0 Å². The smallest absolute Gasteiger partial charge is 0.123 e. The van der Waals surface area contributed by atoms with E-state index in [4.69, 9.17) is 9.47 Å². The van der Waals surface area contributed by atoms with Crippen LogP contribution in [0.15, 0.2) is 18.2 Å². The number of hydrogen-bond acceptors (Lipinski definition) is 3. The Hall–Kier alpha value is -1.22. The third kappa shape index (κ3) is 2.30. The minimum Gasteiger partial charge on any atom is -0.497 e. The van der Waals surface area contributed by atoms with Crippen molar-refractivity contribution in [1.29, 1.82) is 0 Å². The molecular formula is C13H19NO2. The van der Waals surface area contributed by atoms with Crippen molar-refractivity contribution in [3.63, 3.8) is 0 Å². The molecule has 1 aromatic rings. The van der Waals surface area contributed by atoms with Crippen molar-refractivity contribution in [2.75, 3.05) is 20.8 Å². The van der Waals surface area contributed by atoms with Crippen LogP contribution in [0.5, 0.6) is 11.5 Å². The highest BCUT2D eigenvalue weighted by atomic mass is 16.5. The molecule has 0 bridgehead atoms. The zero-order valence-electron chi connectivity index (χ0n) is 9.95. The molecule has 0 saturated carbocycles. The third-order valence-corrected chi connectivity index (χ3v) is 3.12. The third-order valence-electron chi connectivity index (χ3n) is 3.12. The highest BCUT2D eigenvalue weighted by molar-refractivity contribution is 5.42. The van der Waals surface area contributed by atoms with Crippen LogP contribution in [-0.2, 0) is 0 Å². The number of rotatable bonds is 3. The first-order chi connectivity index (χ1) is 7.85. The summed E-state index contributed by atoms with van der Waals surface area (Å²) in [5.41, 5.74) is 1.21. The Morgan fingerprint density at radius 3 is 2.69 bits per heavy atom. The lowest BCUT2D eigenvalue weighted by atomic mass is 9.96. The van der Waals surface area contributed by atoms with Gasteiger partial charge in [0.2, 0.25) is 0 Å². The minimum absolute atomic E-state index is 0.402. The summed E-state index contributed by atoms with van der Waals surface area (Å²) >= 11 is 0. The van der Waals surface area contributed by atoms with Gasteiger partial charge in [0.1, 0.15) is 11.5 Å². The van der Waals surface area contributed by atoms with Crippen molar-refractivity contribution < 1.29 is 9.47 Å². The van der Waals surface area contributed by atoms with Crippen LogP contribution >= 0.6 is 0 Å². The lowest BCUT2D eigenvalue weighted by Gasteiger charge is -2.25. The van der Waals surface area contributed by atoms with E-state index in [1.54, 1.807) is 14.2 Å². The average molecular weight is 221 g/mol. The van der Waals surface area contributed by atoms with Gasteiger partial charge in [-0.2, -0.15) is 0 Å². The molecule has 0 radical (unpaired) electrons. The molecule has 2 rings (SSSR count). The summed E-state index contributed by atoms with van der Waals surface area (Å²) in [7, 11) is 3.41. The van der Waals surface area contributed by atoms with E-state index in [2.05, 4.69) is 11.4 Å². The first-order valence-electron chi connectivity index (χ1n) is 5.80. The monoisotopic (exact) mass is 221 g/mol. The topological polar surface area (TPSA) is 30.5 Å². The molecule has 1 aliphatic heterocycles.